The van der Waals surface area contributed by atoms with Crippen LogP contribution in [-0.4, -0.2) is 43.7 Å². The number of para-hydroxylation sites is 2. The number of carbonyl (C=O) groups is 1. The van der Waals surface area contributed by atoms with Gasteiger partial charge in [0.05, 0.1) is 12.8 Å². The molecule has 0 spiro atoms. The Kier molecular flexibility index (Phi) is 4.80. The van der Waals surface area contributed by atoms with Crippen molar-refractivity contribution in [3.8, 4) is 11.5 Å². The molecule has 0 bridgehead atoms. The minimum atomic E-state index is -0.442. The number of ether oxygens (including phenoxy) is 2. The fourth-order valence-corrected chi connectivity index (χ4v) is 3.77. The zero-order valence-electron chi connectivity index (χ0n) is 15.0. The van der Waals surface area contributed by atoms with Gasteiger partial charge < -0.3 is 14.8 Å². The van der Waals surface area contributed by atoms with Crippen molar-refractivity contribution in [2.75, 3.05) is 32.1 Å². The lowest BCUT2D eigenvalue weighted by Gasteiger charge is -2.35. The zero-order chi connectivity index (χ0) is 17.9. The van der Waals surface area contributed by atoms with Crippen molar-refractivity contribution >= 4 is 11.6 Å². The van der Waals surface area contributed by atoms with Crippen LogP contribution < -0.4 is 14.8 Å². The monoisotopic (exact) mass is 352 g/mol. The molecular formula is C21H24N2O3. The summed E-state index contributed by atoms with van der Waals surface area (Å²) in [6.45, 7) is 2.59. The standard InChI is InChI=1S/C21H24N2O3/c1-25-17-8-6-15(7-9-17)16-10-12-23(13-11-16)14-20-21(24)22-18-4-2-3-5-19(18)26-20/h2-9,16,20H,10-14H2,1H3,(H,22,24). The highest BCUT2D eigenvalue weighted by atomic mass is 16.5. The fourth-order valence-electron chi connectivity index (χ4n) is 3.77. The Morgan fingerprint density at radius 2 is 1.85 bits per heavy atom. The second kappa shape index (κ2) is 7.38. The Hall–Kier alpha value is -2.53. The third-order valence-electron chi connectivity index (χ3n) is 5.31. The van der Waals surface area contributed by atoms with E-state index in [0.29, 0.717) is 12.5 Å². The number of carbonyl (C=O) groups excluding carboxylic acids is 1. The molecular weight excluding hydrogens is 328 g/mol. The Morgan fingerprint density at radius 3 is 2.58 bits per heavy atom. The minimum Gasteiger partial charge on any atom is -0.497 e. The van der Waals surface area contributed by atoms with Crippen molar-refractivity contribution in [3.63, 3.8) is 0 Å². The normalized spacial score (nSPS) is 20.8. The highest BCUT2D eigenvalue weighted by Crippen LogP contribution is 2.31. The SMILES string of the molecule is COc1ccc(C2CCN(CC3Oc4ccccc4NC3=O)CC2)cc1. The van der Waals surface area contributed by atoms with Crippen LogP contribution in [0.25, 0.3) is 0 Å². The number of amides is 1. The summed E-state index contributed by atoms with van der Waals surface area (Å²) < 4.78 is 11.1. The lowest BCUT2D eigenvalue weighted by atomic mass is 9.89. The Morgan fingerprint density at radius 1 is 1.12 bits per heavy atom. The third-order valence-corrected chi connectivity index (χ3v) is 5.31. The van der Waals surface area contributed by atoms with E-state index in [4.69, 9.17) is 9.47 Å². The number of likely N-dealkylation sites (tertiary alicyclic amines) is 1. The number of anilines is 1. The number of hydrogen-bond acceptors (Lipinski definition) is 4. The van der Waals surface area contributed by atoms with Gasteiger partial charge in [0.15, 0.2) is 6.10 Å². The van der Waals surface area contributed by atoms with Gasteiger partial charge in [-0.3, -0.25) is 9.69 Å². The number of hydrogen-bond donors (Lipinski definition) is 1. The number of rotatable bonds is 4. The summed E-state index contributed by atoms with van der Waals surface area (Å²) in [5.74, 6) is 2.16. The molecule has 4 rings (SSSR count). The number of nitrogens with one attached hydrogen (secondary N) is 1. The van der Waals surface area contributed by atoms with Gasteiger partial charge in [-0.05, 0) is 61.7 Å². The first-order chi connectivity index (χ1) is 12.7. The quantitative estimate of drug-likeness (QED) is 0.917. The third kappa shape index (κ3) is 3.53. The summed E-state index contributed by atoms with van der Waals surface area (Å²) in [4.78, 5) is 14.6. The maximum atomic E-state index is 12.3. The van der Waals surface area contributed by atoms with Gasteiger partial charge in [-0.25, -0.2) is 0 Å². The van der Waals surface area contributed by atoms with E-state index in [2.05, 4.69) is 22.3 Å². The van der Waals surface area contributed by atoms with Crippen LogP contribution in [0.15, 0.2) is 48.5 Å². The van der Waals surface area contributed by atoms with Crippen LogP contribution in [0.4, 0.5) is 5.69 Å². The summed E-state index contributed by atoms with van der Waals surface area (Å²) in [5, 5.41) is 2.94. The molecule has 2 heterocycles. The molecule has 2 aromatic carbocycles. The number of fused-ring (bicyclic) bond motifs is 1. The van der Waals surface area contributed by atoms with Crippen LogP contribution in [0.5, 0.6) is 11.5 Å². The van der Waals surface area contributed by atoms with Crippen LogP contribution in [0.2, 0.25) is 0 Å². The predicted molar refractivity (Wildman–Crippen MR) is 101 cm³/mol. The van der Waals surface area contributed by atoms with Crippen LogP contribution in [0.1, 0.15) is 24.3 Å². The first kappa shape index (κ1) is 16.9. The minimum absolute atomic E-state index is 0.0547. The first-order valence-corrected chi connectivity index (χ1v) is 9.16. The summed E-state index contributed by atoms with van der Waals surface area (Å²) in [7, 11) is 1.69. The van der Waals surface area contributed by atoms with Gasteiger partial charge in [-0.1, -0.05) is 24.3 Å². The van der Waals surface area contributed by atoms with Crippen molar-refractivity contribution in [3.05, 3.63) is 54.1 Å². The zero-order valence-corrected chi connectivity index (χ0v) is 15.0. The molecule has 1 unspecified atom stereocenters. The number of benzene rings is 2. The van der Waals surface area contributed by atoms with E-state index in [1.807, 2.05) is 36.4 Å². The van der Waals surface area contributed by atoms with Gasteiger partial charge in [0.2, 0.25) is 0 Å². The van der Waals surface area contributed by atoms with E-state index in [0.717, 1.165) is 43.1 Å². The Labute approximate surface area is 153 Å². The number of nitrogens with zero attached hydrogens (tertiary/aromatic N) is 1. The van der Waals surface area contributed by atoms with Gasteiger partial charge in [-0.15, -0.1) is 0 Å². The molecule has 0 aliphatic carbocycles. The van der Waals surface area contributed by atoms with E-state index < -0.39 is 6.10 Å². The van der Waals surface area contributed by atoms with E-state index in [1.165, 1.54) is 5.56 Å². The van der Waals surface area contributed by atoms with Crippen molar-refractivity contribution in [2.24, 2.45) is 0 Å². The van der Waals surface area contributed by atoms with Gasteiger partial charge in [-0.2, -0.15) is 0 Å². The molecule has 0 aromatic heterocycles. The van der Waals surface area contributed by atoms with Crippen molar-refractivity contribution in [1.29, 1.82) is 0 Å². The Bertz CT molecular complexity index is 767. The molecule has 26 heavy (non-hydrogen) atoms. The topological polar surface area (TPSA) is 50.8 Å². The molecule has 1 fully saturated rings. The second-order valence-corrected chi connectivity index (χ2v) is 6.94. The molecule has 0 radical (unpaired) electrons. The molecule has 2 aromatic rings. The van der Waals surface area contributed by atoms with Crippen LogP contribution in [-0.2, 0) is 4.79 Å². The van der Waals surface area contributed by atoms with E-state index in [-0.39, 0.29) is 5.91 Å². The van der Waals surface area contributed by atoms with E-state index >= 15 is 0 Å². The van der Waals surface area contributed by atoms with E-state index in [1.54, 1.807) is 7.11 Å². The van der Waals surface area contributed by atoms with Crippen LogP contribution in [0.3, 0.4) is 0 Å². The van der Waals surface area contributed by atoms with E-state index in [9.17, 15) is 4.79 Å². The van der Waals surface area contributed by atoms with Gasteiger partial charge in [0.25, 0.3) is 5.91 Å². The molecule has 1 saturated heterocycles. The second-order valence-electron chi connectivity index (χ2n) is 6.94. The largest absolute Gasteiger partial charge is 0.497 e. The molecule has 1 N–H and O–H groups in total. The predicted octanol–water partition coefficient (Wildman–Crippen LogP) is 3.27. The molecule has 1 atom stereocenters. The Balaban J connectivity index is 1.33. The molecule has 2 aliphatic heterocycles. The van der Waals surface area contributed by atoms with Gasteiger partial charge >= 0.3 is 0 Å². The maximum absolute atomic E-state index is 12.3. The molecule has 5 nitrogen and oxygen atoms in total. The fraction of sp³-hybridized carbons (Fsp3) is 0.381. The summed E-state index contributed by atoms with van der Waals surface area (Å²) in [6.07, 6.45) is 1.75. The smallest absolute Gasteiger partial charge is 0.266 e. The number of piperidine rings is 1. The number of methoxy groups -OCH3 is 1. The van der Waals surface area contributed by atoms with Crippen molar-refractivity contribution in [1.82, 2.24) is 4.90 Å². The highest BCUT2D eigenvalue weighted by Gasteiger charge is 2.31. The highest BCUT2D eigenvalue weighted by molar-refractivity contribution is 5.97. The van der Waals surface area contributed by atoms with Gasteiger partial charge in [0.1, 0.15) is 11.5 Å². The molecule has 2 aliphatic rings. The average molecular weight is 352 g/mol. The summed E-state index contributed by atoms with van der Waals surface area (Å²) in [6, 6.07) is 16.0. The van der Waals surface area contributed by atoms with Crippen LogP contribution >= 0.6 is 0 Å². The molecule has 1 amide bonds. The first-order valence-electron chi connectivity index (χ1n) is 9.16. The summed E-state index contributed by atoms with van der Waals surface area (Å²) in [5.41, 5.74) is 2.12. The average Bonchev–Trinajstić information content (AvgIpc) is 2.69. The molecule has 0 saturated carbocycles. The summed E-state index contributed by atoms with van der Waals surface area (Å²) >= 11 is 0. The molecule has 136 valence electrons. The van der Waals surface area contributed by atoms with Gasteiger partial charge in [0, 0.05) is 6.54 Å². The van der Waals surface area contributed by atoms with Crippen LogP contribution in [0, 0.1) is 0 Å². The lowest BCUT2D eigenvalue weighted by molar-refractivity contribution is -0.124. The van der Waals surface area contributed by atoms with Crippen molar-refractivity contribution < 1.29 is 14.3 Å². The maximum Gasteiger partial charge on any atom is 0.266 e. The van der Waals surface area contributed by atoms with Crippen molar-refractivity contribution in [2.45, 2.75) is 24.9 Å². The lowest BCUT2D eigenvalue weighted by Crippen LogP contribution is -2.47. The molecule has 5 heteroatoms.